The number of piperazine rings is 1. The maximum absolute atomic E-state index is 13.0. The second kappa shape index (κ2) is 10.6. The molecule has 8 nitrogen and oxygen atoms in total. The zero-order chi connectivity index (χ0) is 23.3. The van der Waals surface area contributed by atoms with Crippen molar-refractivity contribution in [1.82, 2.24) is 19.4 Å². The summed E-state index contributed by atoms with van der Waals surface area (Å²) in [5.74, 6) is -0.0883. The van der Waals surface area contributed by atoms with E-state index in [1.165, 1.54) is 4.31 Å². The van der Waals surface area contributed by atoms with Gasteiger partial charge in [-0.3, -0.25) is 14.5 Å². The van der Waals surface area contributed by atoms with Gasteiger partial charge in [-0.25, -0.2) is 8.42 Å². The number of hydrogen-bond donors (Lipinski definition) is 1. The summed E-state index contributed by atoms with van der Waals surface area (Å²) in [6.07, 6.45) is 2.72. The Morgan fingerprint density at radius 3 is 2.31 bits per heavy atom. The van der Waals surface area contributed by atoms with E-state index in [1.807, 2.05) is 29.7 Å². The maximum atomic E-state index is 13.0. The van der Waals surface area contributed by atoms with Crippen LogP contribution in [-0.4, -0.2) is 86.7 Å². The van der Waals surface area contributed by atoms with Gasteiger partial charge in [0.25, 0.3) is 0 Å². The normalized spacial score (nSPS) is 19.0. The van der Waals surface area contributed by atoms with Crippen LogP contribution in [0.3, 0.4) is 0 Å². The number of benzene rings is 1. The van der Waals surface area contributed by atoms with Crippen LogP contribution in [-0.2, 0) is 19.6 Å². The molecule has 32 heavy (non-hydrogen) atoms. The minimum absolute atomic E-state index is 0.0398. The van der Waals surface area contributed by atoms with Crippen LogP contribution in [0.15, 0.2) is 35.7 Å². The summed E-state index contributed by atoms with van der Waals surface area (Å²) in [7, 11) is -3.54. The van der Waals surface area contributed by atoms with Crippen molar-refractivity contribution in [2.24, 2.45) is 5.92 Å². The molecule has 2 saturated heterocycles. The second-order valence-electron chi connectivity index (χ2n) is 8.62. The standard InChI is InChI=1S/C23H34N4O4S/c1-4-9-24-22(28)17-25-12-14-26(15-13-25)23(29)20-7-10-27(11-8-20)32(30,31)21-6-5-18(2)19(3)16-21/h4-6,16,20H,1,7-15,17H2,2-3H3,(H,24,28). The number of carbonyl (C=O) groups is 2. The van der Waals surface area contributed by atoms with Gasteiger partial charge in [0.05, 0.1) is 11.4 Å². The van der Waals surface area contributed by atoms with Crippen molar-refractivity contribution < 1.29 is 18.0 Å². The van der Waals surface area contributed by atoms with Crippen molar-refractivity contribution in [3.63, 3.8) is 0 Å². The van der Waals surface area contributed by atoms with E-state index in [-0.39, 0.29) is 17.7 Å². The Hall–Kier alpha value is -2.23. The molecule has 0 spiro atoms. The first-order valence-electron chi connectivity index (χ1n) is 11.2. The van der Waals surface area contributed by atoms with Gasteiger partial charge in [-0.1, -0.05) is 12.1 Å². The molecule has 0 saturated carbocycles. The van der Waals surface area contributed by atoms with Crippen LogP contribution in [0.4, 0.5) is 0 Å². The van der Waals surface area contributed by atoms with E-state index in [2.05, 4.69) is 11.9 Å². The quantitative estimate of drug-likeness (QED) is 0.614. The summed E-state index contributed by atoms with van der Waals surface area (Å²) in [6, 6.07) is 5.21. The number of nitrogens with one attached hydrogen (secondary N) is 1. The van der Waals surface area contributed by atoms with Crippen molar-refractivity contribution in [2.45, 2.75) is 31.6 Å². The van der Waals surface area contributed by atoms with Gasteiger partial charge < -0.3 is 10.2 Å². The van der Waals surface area contributed by atoms with E-state index < -0.39 is 10.0 Å². The molecule has 2 amide bonds. The zero-order valence-electron chi connectivity index (χ0n) is 19.0. The first kappa shape index (κ1) is 24.4. The van der Waals surface area contributed by atoms with Gasteiger partial charge in [-0.15, -0.1) is 6.58 Å². The predicted octanol–water partition coefficient (Wildman–Crippen LogP) is 1.15. The first-order valence-corrected chi connectivity index (χ1v) is 12.6. The molecule has 9 heteroatoms. The molecule has 3 rings (SSSR count). The molecule has 0 radical (unpaired) electrons. The van der Waals surface area contributed by atoms with Crippen molar-refractivity contribution in [3.05, 3.63) is 42.0 Å². The number of amides is 2. The number of carbonyl (C=O) groups excluding carboxylic acids is 2. The lowest BCUT2D eigenvalue weighted by atomic mass is 9.96. The molecule has 176 valence electrons. The molecule has 1 aromatic carbocycles. The smallest absolute Gasteiger partial charge is 0.243 e. The van der Waals surface area contributed by atoms with Gasteiger partial charge in [0.2, 0.25) is 21.8 Å². The third-order valence-corrected chi connectivity index (χ3v) is 8.31. The lowest BCUT2D eigenvalue weighted by Gasteiger charge is -2.38. The largest absolute Gasteiger partial charge is 0.352 e. The van der Waals surface area contributed by atoms with Crippen LogP contribution in [0.2, 0.25) is 0 Å². The van der Waals surface area contributed by atoms with Gasteiger partial charge in [-0.2, -0.15) is 4.31 Å². The highest BCUT2D eigenvalue weighted by atomic mass is 32.2. The Morgan fingerprint density at radius 2 is 1.72 bits per heavy atom. The molecule has 2 fully saturated rings. The number of hydrogen-bond acceptors (Lipinski definition) is 5. The molecule has 2 aliphatic rings. The molecule has 0 bridgehead atoms. The van der Waals surface area contributed by atoms with E-state index in [1.54, 1.807) is 18.2 Å². The minimum Gasteiger partial charge on any atom is -0.352 e. The van der Waals surface area contributed by atoms with E-state index in [4.69, 9.17) is 0 Å². The number of rotatable bonds is 7. The van der Waals surface area contributed by atoms with E-state index in [0.29, 0.717) is 70.1 Å². The summed E-state index contributed by atoms with van der Waals surface area (Å²) >= 11 is 0. The highest BCUT2D eigenvalue weighted by molar-refractivity contribution is 7.89. The number of sulfonamides is 1. The summed E-state index contributed by atoms with van der Waals surface area (Å²) in [5, 5.41) is 2.77. The maximum Gasteiger partial charge on any atom is 0.243 e. The van der Waals surface area contributed by atoms with E-state index >= 15 is 0 Å². The summed E-state index contributed by atoms with van der Waals surface area (Å²) in [4.78, 5) is 29.0. The molecule has 0 aliphatic carbocycles. The predicted molar refractivity (Wildman–Crippen MR) is 124 cm³/mol. The minimum atomic E-state index is -3.54. The fourth-order valence-electron chi connectivity index (χ4n) is 4.20. The number of piperidine rings is 1. The molecule has 2 heterocycles. The molecular weight excluding hydrogens is 428 g/mol. The van der Waals surface area contributed by atoms with Crippen LogP contribution in [0, 0.1) is 19.8 Å². The van der Waals surface area contributed by atoms with Crippen LogP contribution in [0.25, 0.3) is 0 Å². The molecule has 0 unspecified atom stereocenters. The Balaban J connectivity index is 1.49. The second-order valence-corrected chi connectivity index (χ2v) is 10.6. The van der Waals surface area contributed by atoms with E-state index in [0.717, 1.165) is 11.1 Å². The Bertz CT molecular complexity index is 947. The topological polar surface area (TPSA) is 90.0 Å². The Kier molecular flexibility index (Phi) is 8.08. The van der Waals surface area contributed by atoms with Crippen molar-refractivity contribution in [2.75, 3.05) is 52.4 Å². The lowest BCUT2D eigenvalue weighted by molar-refractivity contribution is -0.138. The van der Waals surface area contributed by atoms with Crippen molar-refractivity contribution in [3.8, 4) is 0 Å². The van der Waals surface area contributed by atoms with Crippen molar-refractivity contribution in [1.29, 1.82) is 0 Å². The van der Waals surface area contributed by atoms with E-state index in [9.17, 15) is 18.0 Å². The molecular formula is C23H34N4O4S. The highest BCUT2D eigenvalue weighted by Crippen LogP contribution is 2.26. The Morgan fingerprint density at radius 1 is 1.06 bits per heavy atom. The van der Waals surface area contributed by atoms with Gasteiger partial charge in [0.1, 0.15) is 0 Å². The lowest BCUT2D eigenvalue weighted by Crippen LogP contribution is -2.53. The molecule has 0 aromatic heterocycles. The van der Waals surface area contributed by atoms with Gasteiger partial charge in [0.15, 0.2) is 0 Å². The first-order chi connectivity index (χ1) is 15.2. The number of nitrogens with zero attached hydrogens (tertiary/aromatic N) is 3. The van der Waals surface area contributed by atoms with Crippen LogP contribution < -0.4 is 5.32 Å². The van der Waals surface area contributed by atoms with Gasteiger partial charge in [0, 0.05) is 51.7 Å². The molecule has 1 N–H and O–H groups in total. The van der Waals surface area contributed by atoms with Crippen LogP contribution in [0.1, 0.15) is 24.0 Å². The van der Waals surface area contributed by atoms with Crippen LogP contribution >= 0.6 is 0 Å². The fraction of sp³-hybridized carbons (Fsp3) is 0.565. The Labute approximate surface area is 191 Å². The summed E-state index contributed by atoms with van der Waals surface area (Å²) < 4.78 is 27.5. The SMILES string of the molecule is C=CCNC(=O)CN1CCN(C(=O)C2CCN(S(=O)(=O)c3ccc(C)c(C)c3)CC2)CC1. The summed E-state index contributed by atoms with van der Waals surface area (Å²) in [6.45, 7) is 11.4. The van der Waals surface area contributed by atoms with Crippen LogP contribution in [0.5, 0.6) is 0 Å². The fourth-order valence-corrected chi connectivity index (χ4v) is 5.75. The molecule has 1 aromatic rings. The van der Waals surface area contributed by atoms with Gasteiger partial charge >= 0.3 is 0 Å². The molecule has 0 atom stereocenters. The highest BCUT2D eigenvalue weighted by Gasteiger charge is 2.34. The molecule has 2 aliphatic heterocycles. The third-order valence-electron chi connectivity index (χ3n) is 6.41. The summed E-state index contributed by atoms with van der Waals surface area (Å²) in [5.41, 5.74) is 2.01. The average Bonchev–Trinajstić information content (AvgIpc) is 2.79. The average molecular weight is 463 g/mol. The van der Waals surface area contributed by atoms with Gasteiger partial charge in [-0.05, 0) is 49.9 Å². The zero-order valence-corrected chi connectivity index (χ0v) is 19.9. The third kappa shape index (κ3) is 5.76. The monoisotopic (exact) mass is 462 g/mol. The van der Waals surface area contributed by atoms with Crippen molar-refractivity contribution >= 4 is 21.8 Å². The number of aryl methyl sites for hydroxylation is 2.